The van der Waals surface area contributed by atoms with E-state index in [4.69, 9.17) is 9.47 Å². The highest BCUT2D eigenvalue weighted by Gasteiger charge is 2.13. The normalized spacial score (nSPS) is 14.1. The molecule has 2 aromatic carbocycles. The summed E-state index contributed by atoms with van der Waals surface area (Å²) in [4.78, 5) is 12.1. The zero-order valence-corrected chi connectivity index (χ0v) is 13.5. The highest BCUT2D eigenvalue weighted by Crippen LogP contribution is 2.31. The first-order chi connectivity index (χ1) is 11.6. The Morgan fingerprint density at radius 2 is 1.83 bits per heavy atom. The quantitative estimate of drug-likeness (QED) is 0.914. The van der Waals surface area contributed by atoms with Crippen LogP contribution in [0, 0.1) is 5.82 Å². The molecule has 4 nitrogen and oxygen atoms in total. The van der Waals surface area contributed by atoms with E-state index < -0.39 is 0 Å². The third kappa shape index (κ3) is 4.04. The van der Waals surface area contributed by atoms with Crippen LogP contribution in [0.15, 0.2) is 42.5 Å². The van der Waals surface area contributed by atoms with E-state index in [-0.39, 0.29) is 17.8 Å². The number of nitrogens with one attached hydrogen (secondary N) is 1. The highest BCUT2D eigenvalue weighted by molar-refractivity contribution is 5.76. The summed E-state index contributed by atoms with van der Waals surface area (Å²) in [6.07, 6.45) is 1.00. The molecule has 1 aliphatic heterocycles. The Labute approximate surface area is 140 Å². The number of carbonyl (C=O) groups is 1. The maximum Gasteiger partial charge on any atom is 0.220 e. The number of ether oxygens (including phenoxy) is 2. The second kappa shape index (κ2) is 7.34. The van der Waals surface area contributed by atoms with Gasteiger partial charge in [-0.15, -0.1) is 0 Å². The molecule has 0 aliphatic carbocycles. The lowest BCUT2D eigenvalue weighted by atomic mass is 10.1. The number of hydrogen-bond donors (Lipinski definition) is 1. The molecular weight excluding hydrogens is 309 g/mol. The van der Waals surface area contributed by atoms with Crippen molar-refractivity contribution in [2.75, 3.05) is 13.2 Å². The zero-order chi connectivity index (χ0) is 16.9. The summed E-state index contributed by atoms with van der Waals surface area (Å²) in [5.74, 6) is 1.16. The predicted molar refractivity (Wildman–Crippen MR) is 88.7 cm³/mol. The zero-order valence-electron chi connectivity index (χ0n) is 13.5. The molecule has 2 aromatic rings. The maximum absolute atomic E-state index is 12.9. The Hall–Kier alpha value is -2.56. The Kier molecular flexibility index (Phi) is 4.99. The van der Waals surface area contributed by atoms with Crippen LogP contribution in [0.25, 0.3) is 0 Å². The number of benzene rings is 2. The first-order valence-electron chi connectivity index (χ1n) is 8.05. The lowest BCUT2D eigenvalue weighted by Crippen LogP contribution is -2.26. The van der Waals surface area contributed by atoms with Gasteiger partial charge in [-0.1, -0.05) is 18.2 Å². The molecule has 1 N–H and O–H groups in total. The minimum absolute atomic E-state index is 0.0401. The van der Waals surface area contributed by atoms with Crippen molar-refractivity contribution in [3.63, 3.8) is 0 Å². The van der Waals surface area contributed by atoms with Gasteiger partial charge >= 0.3 is 0 Å². The molecule has 1 heterocycles. The number of amides is 1. The third-order valence-electron chi connectivity index (χ3n) is 3.99. The third-order valence-corrected chi connectivity index (χ3v) is 3.99. The molecule has 0 radical (unpaired) electrons. The predicted octanol–water partition coefficient (Wildman–Crippen LogP) is 3.41. The number of rotatable bonds is 5. The summed E-state index contributed by atoms with van der Waals surface area (Å²) in [7, 11) is 0. The van der Waals surface area contributed by atoms with E-state index in [0.29, 0.717) is 26.1 Å². The summed E-state index contributed by atoms with van der Waals surface area (Å²) in [6.45, 7) is 3.00. The molecule has 0 saturated heterocycles. The topological polar surface area (TPSA) is 47.6 Å². The van der Waals surface area contributed by atoms with Crippen LogP contribution >= 0.6 is 0 Å². The largest absolute Gasteiger partial charge is 0.486 e. The van der Waals surface area contributed by atoms with Crippen molar-refractivity contribution in [2.45, 2.75) is 25.8 Å². The van der Waals surface area contributed by atoms with E-state index in [1.54, 1.807) is 12.1 Å². The molecule has 1 unspecified atom stereocenters. The van der Waals surface area contributed by atoms with Gasteiger partial charge in [0, 0.05) is 6.42 Å². The molecule has 0 aromatic heterocycles. The summed E-state index contributed by atoms with van der Waals surface area (Å²) in [5, 5.41) is 2.93. The molecule has 1 amide bonds. The SMILES string of the molecule is CC(NC(=O)CCc1ccc2c(c1)OCCO2)c1ccc(F)cc1. The maximum atomic E-state index is 12.9. The molecule has 1 aliphatic rings. The van der Waals surface area contributed by atoms with Crippen LogP contribution in [-0.4, -0.2) is 19.1 Å². The monoisotopic (exact) mass is 329 g/mol. The van der Waals surface area contributed by atoms with Gasteiger partial charge in [0.05, 0.1) is 6.04 Å². The van der Waals surface area contributed by atoms with Gasteiger partial charge in [-0.05, 0) is 48.7 Å². The Morgan fingerprint density at radius 1 is 1.12 bits per heavy atom. The highest BCUT2D eigenvalue weighted by atomic mass is 19.1. The first-order valence-corrected chi connectivity index (χ1v) is 8.05. The molecule has 24 heavy (non-hydrogen) atoms. The molecule has 5 heteroatoms. The fraction of sp³-hybridized carbons (Fsp3) is 0.316. The van der Waals surface area contributed by atoms with Crippen molar-refractivity contribution in [3.8, 4) is 11.5 Å². The number of carbonyl (C=O) groups excluding carboxylic acids is 1. The fourth-order valence-corrected chi connectivity index (χ4v) is 2.65. The number of hydrogen-bond acceptors (Lipinski definition) is 3. The van der Waals surface area contributed by atoms with Crippen molar-refractivity contribution in [1.29, 1.82) is 0 Å². The van der Waals surface area contributed by atoms with Gasteiger partial charge in [-0.3, -0.25) is 4.79 Å². The van der Waals surface area contributed by atoms with Crippen LogP contribution in [0.5, 0.6) is 11.5 Å². The molecule has 1 atom stereocenters. The second-order valence-electron chi connectivity index (χ2n) is 5.82. The van der Waals surface area contributed by atoms with Gasteiger partial charge in [-0.25, -0.2) is 4.39 Å². The van der Waals surface area contributed by atoms with E-state index in [9.17, 15) is 9.18 Å². The van der Waals surface area contributed by atoms with Crippen LogP contribution in [0.2, 0.25) is 0 Å². The number of aryl methyl sites for hydroxylation is 1. The minimum Gasteiger partial charge on any atom is -0.486 e. The molecule has 0 bridgehead atoms. The van der Waals surface area contributed by atoms with E-state index in [2.05, 4.69) is 5.32 Å². The van der Waals surface area contributed by atoms with Gasteiger partial charge in [-0.2, -0.15) is 0 Å². The molecule has 126 valence electrons. The lowest BCUT2D eigenvalue weighted by molar-refractivity contribution is -0.121. The van der Waals surface area contributed by atoms with Crippen molar-refractivity contribution in [3.05, 3.63) is 59.4 Å². The van der Waals surface area contributed by atoms with E-state index in [0.717, 1.165) is 22.6 Å². The standard InChI is InChI=1S/C19H20FNO3/c1-13(15-4-6-16(20)7-5-15)21-19(22)9-3-14-2-8-17-18(12-14)24-11-10-23-17/h2,4-8,12-13H,3,9-11H2,1H3,(H,21,22). The summed E-state index contributed by atoms with van der Waals surface area (Å²) in [5.41, 5.74) is 1.91. The minimum atomic E-state index is -0.282. The molecule has 0 saturated carbocycles. The molecule has 0 fully saturated rings. The Morgan fingerprint density at radius 3 is 2.58 bits per heavy atom. The van der Waals surface area contributed by atoms with Gasteiger partial charge in [0.15, 0.2) is 11.5 Å². The molecular formula is C19H20FNO3. The summed E-state index contributed by atoms with van der Waals surface area (Å²) >= 11 is 0. The van der Waals surface area contributed by atoms with Crippen molar-refractivity contribution in [2.24, 2.45) is 0 Å². The van der Waals surface area contributed by atoms with E-state index in [1.807, 2.05) is 25.1 Å². The molecule has 3 rings (SSSR count). The lowest BCUT2D eigenvalue weighted by Gasteiger charge is -2.19. The van der Waals surface area contributed by atoms with Crippen LogP contribution in [-0.2, 0) is 11.2 Å². The van der Waals surface area contributed by atoms with Gasteiger partial charge in [0.25, 0.3) is 0 Å². The van der Waals surface area contributed by atoms with Crippen molar-refractivity contribution in [1.82, 2.24) is 5.32 Å². The first kappa shape index (κ1) is 16.3. The van der Waals surface area contributed by atoms with E-state index in [1.165, 1.54) is 12.1 Å². The van der Waals surface area contributed by atoms with Gasteiger partial charge < -0.3 is 14.8 Å². The average Bonchev–Trinajstić information content (AvgIpc) is 2.60. The van der Waals surface area contributed by atoms with Gasteiger partial charge in [0.2, 0.25) is 5.91 Å². The van der Waals surface area contributed by atoms with Crippen LogP contribution in [0.3, 0.4) is 0 Å². The number of fused-ring (bicyclic) bond motifs is 1. The van der Waals surface area contributed by atoms with Crippen molar-refractivity contribution >= 4 is 5.91 Å². The van der Waals surface area contributed by atoms with Gasteiger partial charge in [0.1, 0.15) is 19.0 Å². The van der Waals surface area contributed by atoms with Crippen molar-refractivity contribution < 1.29 is 18.7 Å². The summed E-state index contributed by atoms with van der Waals surface area (Å²) in [6, 6.07) is 11.7. The average molecular weight is 329 g/mol. The van der Waals surface area contributed by atoms with Crippen LogP contribution in [0.4, 0.5) is 4.39 Å². The smallest absolute Gasteiger partial charge is 0.220 e. The number of halogens is 1. The Balaban J connectivity index is 1.52. The molecule has 0 spiro atoms. The van der Waals surface area contributed by atoms with Crippen LogP contribution < -0.4 is 14.8 Å². The summed E-state index contributed by atoms with van der Waals surface area (Å²) < 4.78 is 24.0. The van der Waals surface area contributed by atoms with E-state index >= 15 is 0 Å². The van der Waals surface area contributed by atoms with Crippen LogP contribution in [0.1, 0.15) is 30.5 Å². The second-order valence-corrected chi connectivity index (χ2v) is 5.82. The Bertz CT molecular complexity index is 715. The fourth-order valence-electron chi connectivity index (χ4n) is 2.65.